The molecule has 1 saturated heterocycles. The van der Waals surface area contributed by atoms with Gasteiger partial charge in [-0.1, -0.05) is 20.8 Å². The molecular formula is C12H24N2O. The SMILES string of the molecule is CN1CCCC(N(C)C(=O)C(C)(C)C)C1. The maximum Gasteiger partial charge on any atom is 0.227 e. The maximum absolute atomic E-state index is 12.1. The average Bonchev–Trinajstić information content (AvgIpc) is 2.14. The molecule has 1 fully saturated rings. The number of hydrogen-bond acceptors (Lipinski definition) is 2. The van der Waals surface area contributed by atoms with Crippen LogP contribution in [-0.2, 0) is 4.79 Å². The van der Waals surface area contributed by atoms with Gasteiger partial charge in [-0.3, -0.25) is 4.79 Å². The van der Waals surface area contributed by atoms with Gasteiger partial charge in [-0.15, -0.1) is 0 Å². The summed E-state index contributed by atoms with van der Waals surface area (Å²) >= 11 is 0. The lowest BCUT2D eigenvalue weighted by Gasteiger charge is -2.38. The zero-order valence-corrected chi connectivity index (χ0v) is 10.7. The summed E-state index contributed by atoms with van der Waals surface area (Å²) in [5.41, 5.74) is -0.259. The maximum atomic E-state index is 12.1. The van der Waals surface area contributed by atoms with Gasteiger partial charge in [0, 0.05) is 25.0 Å². The summed E-state index contributed by atoms with van der Waals surface area (Å²) in [6.07, 6.45) is 2.34. The van der Waals surface area contributed by atoms with Gasteiger partial charge in [0.05, 0.1) is 0 Å². The molecule has 1 unspecified atom stereocenters. The molecule has 0 aromatic carbocycles. The molecule has 0 aromatic heterocycles. The van der Waals surface area contributed by atoms with E-state index in [4.69, 9.17) is 0 Å². The molecule has 0 bridgehead atoms. The van der Waals surface area contributed by atoms with E-state index < -0.39 is 0 Å². The first kappa shape index (κ1) is 12.5. The van der Waals surface area contributed by atoms with E-state index in [9.17, 15) is 4.79 Å². The average molecular weight is 212 g/mol. The fourth-order valence-corrected chi connectivity index (χ4v) is 2.15. The topological polar surface area (TPSA) is 23.6 Å². The Bertz CT molecular complexity index is 232. The summed E-state index contributed by atoms with van der Waals surface area (Å²) in [7, 11) is 4.07. The van der Waals surface area contributed by atoms with Gasteiger partial charge in [-0.05, 0) is 26.4 Å². The van der Waals surface area contributed by atoms with E-state index in [1.807, 2.05) is 32.7 Å². The molecule has 1 amide bonds. The number of carbonyl (C=O) groups excluding carboxylic acids is 1. The van der Waals surface area contributed by atoms with Gasteiger partial charge in [0.1, 0.15) is 0 Å². The zero-order valence-electron chi connectivity index (χ0n) is 10.7. The molecule has 3 heteroatoms. The van der Waals surface area contributed by atoms with Crippen molar-refractivity contribution in [1.29, 1.82) is 0 Å². The largest absolute Gasteiger partial charge is 0.341 e. The van der Waals surface area contributed by atoms with Gasteiger partial charge in [-0.25, -0.2) is 0 Å². The van der Waals surface area contributed by atoms with E-state index in [-0.39, 0.29) is 11.3 Å². The molecule has 15 heavy (non-hydrogen) atoms. The van der Waals surface area contributed by atoms with Crippen molar-refractivity contribution < 1.29 is 4.79 Å². The molecule has 0 saturated carbocycles. The van der Waals surface area contributed by atoms with Gasteiger partial charge in [0.25, 0.3) is 0 Å². The molecule has 88 valence electrons. The second kappa shape index (κ2) is 4.52. The third-order valence-corrected chi connectivity index (χ3v) is 3.11. The predicted octanol–water partition coefficient (Wildman–Crippen LogP) is 1.59. The quantitative estimate of drug-likeness (QED) is 0.659. The van der Waals surface area contributed by atoms with Crippen LogP contribution in [-0.4, -0.2) is 48.9 Å². The number of hydrogen-bond donors (Lipinski definition) is 0. The number of likely N-dealkylation sites (N-methyl/N-ethyl adjacent to an activating group) is 2. The van der Waals surface area contributed by atoms with Crippen LogP contribution < -0.4 is 0 Å². The molecule has 0 aromatic rings. The third kappa shape index (κ3) is 3.20. The van der Waals surface area contributed by atoms with Crippen molar-refractivity contribution in [3.05, 3.63) is 0 Å². The van der Waals surface area contributed by atoms with Crippen LogP contribution in [0.4, 0.5) is 0 Å². The number of carbonyl (C=O) groups is 1. The Kier molecular flexibility index (Phi) is 3.77. The smallest absolute Gasteiger partial charge is 0.227 e. The Balaban J connectivity index is 2.59. The minimum absolute atomic E-state index is 0.253. The molecule has 0 N–H and O–H groups in total. The third-order valence-electron chi connectivity index (χ3n) is 3.11. The highest BCUT2D eigenvalue weighted by Gasteiger charge is 2.30. The summed E-state index contributed by atoms with van der Waals surface area (Å²) in [5.74, 6) is 0.253. The number of piperidine rings is 1. The Hall–Kier alpha value is -0.570. The number of amides is 1. The van der Waals surface area contributed by atoms with Crippen LogP contribution >= 0.6 is 0 Å². The molecule has 0 spiro atoms. The lowest BCUT2D eigenvalue weighted by Crippen LogP contribution is -2.50. The molecule has 1 atom stereocenters. The van der Waals surface area contributed by atoms with Crippen LogP contribution in [0.5, 0.6) is 0 Å². The van der Waals surface area contributed by atoms with Crippen LogP contribution in [0.2, 0.25) is 0 Å². The van der Waals surface area contributed by atoms with Crippen molar-refractivity contribution in [1.82, 2.24) is 9.80 Å². The minimum atomic E-state index is -0.259. The minimum Gasteiger partial charge on any atom is -0.341 e. The summed E-state index contributed by atoms with van der Waals surface area (Å²) < 4.78 is 0. The van der Waals surface area contributed by atoms with Crippen LogP contribution in [0.3, 0.4) is 0 Å². The van der Waals surface area contributed by atoms with Gasteiger partial charge in [0.2, 0.25) is 5.91 Å². The fraction of sp³-hybridized carbons (Fsp3) is 0.917. The summed E-state index contributed by atoms with van der Waals surface area (Å²) in [4.78, 5) is 16.3. The molecule has 1 rings (SSSR count). The number of likely N-dealkylation sites (tertiary alicyclic amines) is 1. The highest BCUT2D eigenvalue weighted by atomic mass is 16.2. The molecule has 0 aliphatic carbocycles. The lowest BCUT2D eigenvalue weighted by atomic mass is 9.93. The summed E-state index contributed by atoms with van der Waals surface area (Å²) in [6.45, 7) is 8.13. The first-order chi connectivity index (χ1) is 6.82. The van der Waals surface area contributed by atoms with E-state index in [2.05, 4.69) is 11.9 Å². The van der Waals surface area contributed by atoms with E-state index in [1.54, 1.807) is 0 Å². The monoisotopic (exact) mass is 212 g/mol. The second-order valence-corrected chi connectivity index (χ2v) is 5.72. The summed E-state index contributed by atoms with van der Waals surface area (Å²) in [5, 5.41) is 0. The van der Waals surface area contributed by atoms with Crippen molar-refractivity contribution in [2.24, 2.45) is 5.41 Å². The molecule has 1 heterocycles. The Morgan fingerprint density at radius 3 is 2.47 bits per heavy atom. The van der Waals surface area contributed by atoms with Crippen molar-refractivity contribution >= 4 is 5.91 Å². The first-order valence-electron chi connectivity index (χ1n) is 5.78. The zero-order chi connectivity index (χ0) is 11.6. The van der Waals surface area contributed by atoms with Crippen LogP contribution in [0.25, 0.3) is 0 Å². The Labute approximate surface area is 93.4 Å². The van der Waals surface area contributed by atoms with Crippen LogP contribution in [0.15, 0.2) is 0 Å². The van der Waals surface area contributed by atoms with Gasteiger partial charge in [-0.2, -0.15) is 0 Å². The Morgan fingerprint density at radius 1 is 1.40 bits per heavy atom. The summed E-state index contributed by atoms with van der Waals surface area (Å²) in [6, 6.07) is 0.399. The van der Waals surface area contributed by atoms with Crippen molar-refractivity contribution in [2.75, 3.05) is 27.2 Å². The van der Waals surface area contributed by atoms with E-state index >= 15 is 0 Å². The van der Waals surface area contributed by atoms with Crippen molar-refractivity contribution in [3.63, 3.8) is 0 Å². The normalized spacial score (nSPS) is 23.9. The molecular weight excluding hydrogens is 188 g/mol. The highest BCUT2D eigenvalue weighted by molar-refractivity contribution is 5.81. The first-order valence-corrected chi connectivity index (χ1v) is 5.78. The van der Waals surface area contributed by atoms with E-state index in [0.717, 1.165) is 19.5 Å². The van der Waals surface area contributed by atoms with Crippen LogP contribution in [0.1, 0.15) is 33.6 Å². The van der Waals surface area contributed by atoms with E-state index in [1.165, 1.54) is 6.42 Å². The Morgan fingerprint density at radius 2 is 2.00 bits per heavy atom. The number of rotatable bonds is 1. The van der Waals surface area contributed by atoms with Crippen molar-refractivity contribution in [2.45, 2.75) is 39.7 Å². The number of nitrogens with zero attached hydrogens (tertiary/aromatic N) is 2. The lowest BCUT2D eigenvalue weighted by molar-refractivity contribution is -0.141. The molecule has 3 nitrogen and oxygen atoms in total. The van der Waals surface area contributed by atoms with Gasteiger partial charge in [0.15, 0.2) is 0 Å². The highest BCUT2D eigenvalue weighted by Crippen LogP contribution is 2.21. The van der Waals surface area contributed by atoms with E-state index in [0.29, 0.717) is 6.04 Å². The van der Waals surface area contributed by atoms with Crippen LogP contribution in [0, 0.1) is 5.41 Å². The fourth-order valence-electron chi connectivity index (χ4n) is 2.15. The molecule has 1 aliphatic heterocycles. The van der Waals surface area contributed by atoms with Gasteiger partial charge < -0.3 is 9.80 Å². The molecule has 0 radical (unpaired) electrons. The van der Waals surface area contributed by atoms with Crippen molar-refractivity contribution in [3.8, 4) is 0 Å². The predicted molar refractivity (Wildman–Crippen MR) is 62.7 cm³/mol. The molecule has 1 aliphatic rings. The standard InChI is InChI=1S/C12H24N2O/c1-12(2,3)11(15)14(5)10-7-6-8-13(4)9-10/h10H,6-9H2,1-5H3. The van der Waals surface area contributed by atoms with Gasteiger partial charge >= 0.3 is 0 Å². The second-order valence-electron chi connectivity index (χ2n) is 5.72.